The maximum atomic E-state index is 11.7. The predicted molar refractivity (Wildman–Crippen MR) is 59.3 cm³/mol. The van der Waals surface area contributed by atoms with E-state index in [1.165, 1.54) is 18.0 Å². The normalized spacial score (nSPS) is 13.9. The van der Waals surface area contributed by atoms with Crippen molar-refractivity contribution in [2.24, 2.45) is 13.0 Å². The zero-order chi connectivity index (χ0) is 13.0. The fourth-order valence-electron chi connectivity index (χ4n) is 1.24. The van der Waals surface area contributed by atoms with E-state index in [4.69, 9.17) is 4.74 Å². The van der Waals surface area contributed by atoms with E-state index in [1.807, 2.05) is 0 Å². The standard InChI is InChI=1S/C11H16N2O4/c1-7(10(14)16-4)8(2)17-11(15)9-5-12-13(3)6-9/h5-8H,1-4H3/t7-,8+/m1/s1. The Balaban J connectivity index is 2.60. The highest BCUT2D eigenvalue weighted by Crippen LogP contribution is 2.11. The summed E-state index contributed by atoms with van der Waals surface area (Å²) in [4.78, 5) is 22.9. The summed E-state index contributed by atoms with van der Waals surface area (Å²) in [5, 5.41) is 3.87. The van der Waals surface area contributed by atoms with Crippen LogP contribution in [0.1, 0.15) is 24.2 Å². The molecule has 17 heavy (non-hydrogen) atoms. The number of nitrogens with zero attached hydrogens (tertiary/aromatic N) is 2. The first-order valence-electron chi connectivity index (χ1n) is 5.23. The molecule has 0 unspecified atom stereocenters. The Labute approximate surface area is 99.5 Å². The molecule has 0 aliphatic rings. The average Bonchev–Trinajstić information content (AvgIpc) is 2.73. The third kappa shape index (κ3) is 3.30. The van der Waals surface area contributed by atoms with E-state index in [0.717, 1.165) is 0 Å². The highest BCUT2D eigenvalue weighted by Gasteiger charge is 2.25. The van der Waals surface area contributed by atoms with Gasteiger partial charge in [0.2, 0.25) is 0 Å². The molecular weight excluding hydrogens is 224 g/mol. The van der Waals surface area contributed by atoms with Crippen LogP contribution in [0.5, 0.6) is 0 Å². The maximum absolute atomic E-state index is 11.7. The van der Waals surface area contributed by atoms with Crippen LogP contribution in [0.25, 0.3) is 0 Å². The molecule has 0 N–H and O–H groups in total. The monoisotopic (exact) mass is 240 g/mol. The van der Waals surface area contributed by atoms with E-state index in [-0.39, 0.29) is 0 Å². The van der Waals surface area contributed by atoms with Crippen LogP contribution in [0.4, 0.5) is 0 Å². The lowest BCUT2D eigenvalue weighted by Crippen LogP contribution is -2.28. The highest BCUT2D eigenvalue weighted by atomic mass is 16.6. The second-order valence-electron chi connectivity index (χ2n) is 3.82. The molecule has 0 radical (unpaired) electrons. The van der Waals surface area contributed by atoms with Crippen molar-refractivity contribution >= 4 is 11.9 Å². The van der Waals surface area contributed by atoms with Crippen molar-refractivity contribution in [2.75, 3.05) is 7.11 Å². The molecule has 1 heterocycles. The first-order chi connectivity index (χ1) is 7.95. The summed E-state index contributed by atoms with van der Waals surface area (Å²) in [6.07, 6.45) is 2.42. The molecule has 0 bridgehead atoms. The van der Waals surface area contributed by atoms with Crippen LogP contribution < -0.4 is 0 Å². The number of rotatable bonds is 4. The Morgan fingerprint density at radius 2 is 2.06 bits per heavy atom. The van der Waals surface area contributed by atoms with Crippen LogP contribution in [-0.4, -0.2) is 34.9 Å². The van der Waals surface area contributed by atoms with Gasteiger partial charge in [0.15, 0.2) is 0 Å². The van der Waals surface area contributed by atoms with Gasteiger partial charge < -0.3 is 9.47 Å². The molecule has 6 heteroatoms. The molecule has 0 saturated carbocycles. The lowest BCUT2D eigenvalue weighted by atomic mass is 10.1. The maximum Gasteiger partial charge on any atom is 0.341 e. The molecule has 0 aliphatic heterocycles. The van der Waals surface area contributed by atoms with Crippen molar-refractivity contribution in [1.82, 2.24) is 9.78 Å². The smallest absolute Gasteiger partial charge is 0.341 e. The van der Waals surface area contributed by atoms with Gasteiger partial charge in [-0.1, -0.05) is 0 Å². The van der Waals surface area contributed by atoms with Crippen LogP contribution in [0.2, 0.25) is 0 Å². The van der Waals surface area contributed by atoms with Crippen LogP contribution >= 0.6 is 0 Å². The number of esters is 2. The molecule has 94 valence electrons. The van der Waals surface area contributed by atoms with Crippen LogP contribution in [0, 0.1) is 5.92 Å². The Bertz CT molecular complexity index is 413. The van der Waals surface area contributed by atoms with E-state index in [9.17, 15) is 9.59 Å². The van der Waals surface area contributed by atoms with Crippen molar-refractivity contribution in [3.63, 3.8) is 0 Å². The summed E-state index contributed by atoms with van der Waals surface area (Å²) in [6, 6.07) is 0. The van der Waals surface area contributed by atoms with Crippen molar-refractivity contribution in [3.8, 4) is 0 Å². The van der Waals surface area contributed by atoms with E-state index in [0.29, 0.717) is 5.56 Å². The predicted octanol–water partition coefficient (Wildman–Crippen LogP) is 0.774. The second kappa shape index (κ2) is 5.47. The first kappa shape index (κ1) is 13.2. The van der Waals surface area contributed by atoms with Crippen LogP contribution in [0.15, 0.2) is 12.4 Å². The van der Waals surface area contributed by atoms with Crippen LogP contribution in [0.3, 0.4) is 0 Å². The number of carbonyl (C=O) groups excluding carboxylic acids is 2. The van der Waals surface area contributed by atoms with Crippen molar-refractivity contribution in [3.05, 3.63) is 18.0 Å². The molecule has 0 fully saturated rings. The highest BCUT2D eigenvalue weighted by molar-refractivity contribution is 5.89. The van der Waals surface area contributed by atoms with Gasteiger partial charge in [0.25, 0.3) is 0 Å². The van der Waals surface area contributed by atoms with Gasteiger partial charge in [0.05, 0.1) is 24.8 Å². The summed E-state index contributed by atoms with van der Waals surface area (Å²) in [7, 11) is 3.01. The molecule has 2 atom stereocenters. The van der Waals surface area contributed by atoms with Gasteiger partial charge in [0.1, 0.15) is 6.10 Å². The van der Waals surface area contributed by atoms with Crippen molar-refractivity contribution < 1.29 is 19.1 Å². The minimum Gasteiger partial charge on any atom is -0.469 e. The Kier molecular flexibility index (Phi) is 4.25. The van der Waals surface area contributed by atoms with Crippen molar-refractivity contribution in [2.45, 2.75) is 20.0 Å². The Morgan fingerprint density at radius 3 is 2.53 bits per heavy atom. The van der Waals surface area contributed by atoms with Gasteiger partial charge in [-0.15, -0.1) is 0 Å². The molecule has 1 aromatic rings. The topological polar surface area (TPSA) is 70.4 Å². The third-order valence-corrected chi connectivity index (χ3v) is 2.51. The number of hydrogen-bond donors (Lipinski definition) is 0. The lowest BCUT2D eigenvalue weighted by molar-refractivity contribution is -0.148. The Morgan fingerprint density at radius 1 is 1.41 bits per heavy atom. The quantitative estimate of drug-likeness (QED) is 0.727. The molecule has 1 aromatic heterocycles. The minimum absolute atomic E-state index is 0.358. The average molecular weight is 240 g/mol. The van der Waals surface area contributed by atoms with E-state index < -0.39 is 24.0 Å². The number of methoxy groups -OCH3 is 1. The van der Waals surface area contributed by atoms with Gasteiger partial charge in [-0.2, -0.15) is 5.10 Å². The van der Waals surface area contributed by atoms with Gasteiger partial charge in [-0.3, -0.25) is 9.48 Å². The summed E-state index contributed by atoms with van der Waals surface area (Å²) in [5.41, 5.74) is 0.358. The number of aryl methyl sites for hydroxylation is 1. The molecule has 0 aromatic carbocycles. The summed E-state index contributed by atoms with van der Waals surface area (Å²) in [6.45, 7) is 3.29. The number of hydrogen-bond acceptors (Lipinski definition) is 5. The van der Waals surface area contributed by atoms with Gasteiger partial charge in [-0.05, 0) is 13.8 Å². The Hall–Kier alpha value is -1.85. The zero-order valence-corrected chi connectivity index (χ0v) is 10.3. The summed E-state index contributed by atoms with van der Waals surface area (Å²) < 4.78 is 11.2. The van der Waals surface area contributed by atoms with Crippen molar-refractivity contribution in [1.29, 1.82) is 0 Å². The SMILES string of the molecule is COC(=O)[C@H](C)[C@H](C)OC(=O)c1cnn(C)c1. The molecule has 0 spiro atoms. The minimum atomic E-state index is -0.546. The molecule has 6 nitrogen and oxygen atoms in total. The largest absolute Gasteiger partial charge is 0.469 e. The fraction of sp³-hybridized carbons (Fsp3) is 0.545. The van der Waals surface area contributed by atoms with E-state index >= 15 is 0 Å². The lowest BCUT2D eigenvalue weighted by Gasteiger charge is -2.17. The first-order valence-corrected chi connectivity index (χ1v) is 5.23. The second-order valence-corrected chi connectivity index (χ2v) is 3.82. The molecule has 0 saturated heterocycles. The van der Waals surface area contributed by atoms with E-state index in [2.05, 4.69) is 9.84 Å². The molecule has 1 rings (SSSR count). The zero-order valence-electron chi connectivity index (χ0n) is 10.3. The fourth-order valence-corrected chi connectivity index (χ4v) is 1.24. The number of aromatic nitrogens is 2. The summed E-state index contributed by atoms with van der Waals surface area (Å²) in [5.74, 6) is -1.40. The van der Waals surface area contributed by atoms with E-state index in [1.54, 1.807) is 27.1 Å². The summed E-state index contributed by atoms with van der Waals surface area (Å²) >= 11 is 0. The van der Waals surface area contributed by atoms with Gasteiger partial charge in [0, 0.05) is 13.2 Å². The molecule has 0 aliphatic carbocycles. The molecular formula is C11H16N2O4. The molecule has 0 amide bonds. The van der Waals surface area contributed by atoms with Crippen LogP contribution in [-0.2, 0) is 21.3 Å². The van der Waals surface area contributed by atoms with Gasteiger partial charge >= 0.3 is 11.9 Å². The number of ether oxygens (including phenoxy) is 2. The number of carbonyl (C=O) groups is 2. The third-order valence-electron chi connectivity index (χ3n) is 2.51. The van der Waals surface area contributed by atoms with Gasteiger partial charge in [-0.25, -0.2) is 4.79 Å².